The van der Waals surface area contributed by atoms with Gasteiger partial charge < -0.3 is 9.47 Å². The molecule has 176 valence electrons. The molecule has 1 aliphatic heterocycles. The van der Waals surface area contributed by atoms with E-state index in [0.717, 1.165) is 12.8 Å². The van der Waals surface area contributed by atoms with E-state index in [2.05, 4.69) is 6.08 Å². The summed E-state index contributed by atoms with van der Waals surface area (Å²) in [5, 5.41) is 0. The molecule has 3 aliphatic rings. The zero-order chi connectivity index (χ0) is 23.1. The predicted octanol–water partition coefficient (Wildman–Crippen LogP) is 7.38. The first kappa shape index (κ1) is 22.5. The molecular formula is C27H28F4O2. The highest BCUT2D eigenvalue weighted by atomic mass is 19.2. The van der Waals surface area contributed by atoms with Crippen LogP contribution in [0.25, 0.3) is 11.1 Å². The van der Waals surface area contributed by atoms with Gasteiger partial charge in [-0.15, -0.1) is 0 Å². The Bertz CT molecular complexity index is 1100. The Kier molecular flexibility index (Phi) is 6.21. The zero-order valence-corrected chi connectivity index (χ0v) is 18.8. The van der Waals surface area contributed by atoms with Gasteiger partial charge in [0.05, 0.1) is 19.3 Å². The van der Waals surface area contributed by atoms with Gasteiger partial charge in [-0.1, -0.05) is 25.3 Å². The Labute approximate surface area is 191 Å². The van der Waals surface area contributed by atoms with E-state index in [1.807, 2.05) is 0 Å². The predicted molar refractivity (Wildman–Crippen MR) is 118 cm³/mol. The highest BCUT2D eigenvalue weighted by Gasteiger charge is 2.33. The number of aryl methyl sites for hydroxylation is 2. The maximum absolute atomic E-state index is 15.3. The average Bonchev–Trinajstić information content (AvgIpc) is 2.85. The summed E-state index contributed by atoms with van der Waals surface area (Å²) in [6.45, 7) is 2.27. The van der Waals surface area contributed by atoms with Gasteiger partial charge in [-0.3, -0.25) is 0 Å². The number of hydrogen-bond acceptors (Lipinski definition) is 2. The van der Waals surface area contributed by atoms with Crippen LogP contribution in [0.3, 0.4) is 0 Å². The number of fused-ring (bicyclic) bond motifs is 3. The van der Waals surface area contributed by atoms with Crippen LogP contribution in [-0.2, 0) is 17.6 Å². The second-order valence-corrected chi connectivity index (χ2v) is 9.25. The van der Waals surface area contributed by atoms with Gasteiger partial charge in [0.25, 0.3) is 0 Å². The molecule has 0 amide bonds. The molecule has 0 radical (unpaired) electrons. The molecule has 0 N–H and O–H groups in total. The Morgan fingerprint density at radius 2 is 1.55 bits per heavy atom. The smallest absolute Gasteiger partial charge is 0.201 e. The lowest BCUT2D eigenvalue weighted by Gasteiger charge is -2.31. The van der Waals surface area contributed by atoms with Crippen molar-refractivity contribution >= 4 is 0 Å². The molecule has 1 heterocycles. The van der Waals surface area contributed by atoms with Crippen LogP contribution in [0.15, 0.2) is 23.8 Å². The third-order valence-electron chi connectivity index (χ3n) is 7.31. The van der Waals surface area contributed by atoms with Gasteiger partial charge in [0, 0.05) is 16.7 Å². The van der Waals surface area contributed by atoms with E-state index in [1.54, 1.807) is 13.0 Å². The summed E-state index contributed by atoms with van der Waals surface area (Å²) in [6, 6.07) is 2.97. The van der Waals surface area contributed by atoms with Gasteiger partial charge in [-0.2, -0.15) is 4.39 Å². The molecule has 0 saturated heterocycles. The van der Waals surface area contributed by atoms with E-state index in [-0.39, 0.29) is 29.0 Å². The largest absolute Gasteiger partial charge is 0.491 e. The molecule has 6 heteroatoms. The number of benzene rings is 2. The highest BCUT2D eigenvalue weighted by Crippen LogP contribution is 2.44. The topological polar surface area (TPSA) is 18.5 Å². The van der Waals surface area contributed by atoms with Crippen LogP contribution >= 0.6 is 0 Å². The summed E-state index contributed by atoms with van der Waals surface area (Å²) in [6.07, 6.45) is 8.86. The van der Waals surface area contributed by atoms with Crippen LogP contribution in [0.4, 0.5) is 17.6 Å². The lowest BCUT2D eigenvalue weighted by atomic mass is 9.81. The van der Waals surface area contributed by atoms with Gasteiger partial charge in [0.2, 0.25) is 5.82 Å². The first-order valence-corrected chi connectivity index (χ1v) is 11.9. The Hall–Kier alpha value is -2.34. The van der Waals surface area contributed by atoms with Crippen molar-refractivity contribution in [1.29, 1.82) is 0 Å². The van der Waals surface area contributed by atoms with Crippen LogP contribution in [0, 0.1) is 29.2 Å². The number of hydrogen-bond donors (Lipinski definition) is 0. The Morgan fingerprint density at radius 3 is 2.18 bits per heavy atom. The van der Waals surface area contributed by atoms with Gasteiger partial charge in [-0.25, -0.2) is 13.2 Å². The SMILES string of the molecule is CCOc1cc2c(c(F)c1F)-c1c(cc(C3CC=C(C4CCCCC4)CO3)c(F)c1F)CC2. The molecule has 2 aliphatic carbocycles. The molecule has 1 saturated carbocycles. The van der Waals surface area contributed by atoms with E-state index >= 15 is 8.78 Å². The second-order valence-electron chi connectivity index (χ2n) is 9.25. The molecule has 1 fully saturated rings. The first-order valence-electron chi connectivity index (χ1n) is 11.9. The average molecular weight is 461 g/mol. The van der Waals surface area contributed by atoms with Gasteiger partial charge >= 0.3 is 0 Å². The minimum atomic E-state index is -1.20. The minimum Gasteiger partial charge on any atom is -0.491 e. The van der Waals surface area contributed by atoms with Crippen molar-refractivity contribution in [1.82, 2.24) is 0 Å². The van der Waals surface area contributed by atoms with Gasteiger partial charge in [-0.05, 0) is 73.8 Å². The van der Waals surface area contributed by atoms with Crippen molar-refractivity contribution in [2.45, 2.75) is 64.4 Å². The van der Waals surface area contributed by atoms with Crippen molar-refractivity contribution in [3.05, 3.63) is 63.7 Å². The molecule has 1 unspecified atom stereocenters. The molecule has 0 spiro atoms. The molecule has 33 heavy (non-hydrogen) atoms. The number of halogens is 4. The molecule has 2 aromatic carbocycles. The molecule has 0 aromatic heterocycles. The fraction of sp³-hybridized carbons (Fsp3) is 0.481. The lowest BCUT2D eigenvalue weighted by Crippen LogP contribution is -2.21. The maximum atomic E-state index is 15.3. The van der Waals surface area contributed by atoms with Crippen molar-refractivity contribution in [2.24, 2.45) is 5.92 Å². The molecule has 1 atom stereocenters. The number of rotatable bonds is 4. The van der Waals surface area contributed by atoms with Crippen LogP contribution in [0.2, 0.25) is 0 Å². The normalized spacial score (nSPS) is 20.8. The van der Waals surface area contributed by atoms with E-state index in [4.69, 9.17) is 9.47 Å². The lowest BCUT2D eigenvalue weighted by molar-refractivity contribution is 0.0516. The first-order chi connectivity index (χ1) is 16.0. The van der Waals surface area contributed by atoms with Crippen LogP contribution in [0.5, 0.6) is 5.75 Å². The van der Waals surface area contributed by atoms with Crippen molar-refractivity contribution < 1.29 is 27.0 Å². The highest BCUT2D eigenvalue weighted by molar-refractivity contribution is 5.76. The van der Waals surface area contributed by atoms with Crippen LogP contribution in [-0.4, -0.2) is 13.2 Å². The number of ether oxygens (including phenoxy) is 2. The summed E-state index contributed by atoms with van der Waals surface area (Å²) in [4.78, 5) is 0. The standard InChI is InChI=1S/C27H28F4O2/c1-2-32-21-13-17-9-8-16-12-19(24(28)26(30)22(16)23(17)27(31)25(21)29)20-11-10-18(14-33-20)15-6-4-3-5-7-15/h10,12-13,15,20H,2-9,11,14H2,1H3. The van der Waals surface area contributed by atoms with Crippen molar-refractivity contribution in [2.75, 3.05) is 13.2 Å². The fourth-order valence-corrected chi connectivity index (χ4v) is 5.61. The Morgan fingerprint density at radius 1 is 0.879 bits per heavy atom. The summed E-state index contributed by atoms with van der Waals surface area (Å²) in [5.74, 6) is -4.24. The maximum Gasteiger partial charge on any atom is 0.201 e. The van der Waals surface area contributed by atoms with Crippen molar-refractivity contribution in [3.8, 4) is 16.9 Å². The van der Waals surface area contributed by atoms with Crippen molar-refractivity contribution in [3.63, 3.8) is 0 Å². The molecule has 2 aromatic rings. The van der Waals surface area contributed by atoms with Gasteiger partial charge in [0.15, 0.2) is 23.2 Å². The summed E-state index contributed by atoms with van der Waals surface area (Å²) in [5.41, 5.74) is 1.92. The van der Waals surface area contributed by atoms with Crippen LogP contribution in [0.1, 0.15) is 68.2 Å². The van der Waals surface area contributed by atoms with Gasteiger partial charge in [0.1, 0.15) is 0 Å². The van der Waals surface area contributed by atoms with Crippen LogP contribution < -0.4 is 4.74 Å². The van der Waals surface area contributed by atoms with E-state index in [1.165, 1.54) is 30.9 Å². The fourth-order valence-electron chi connectivity index (χ4n) is 5.61. The molecular weight excluding hydrogens is 432 g/mol. The zero-order valence-electron chi connectivity index (χ0n) is 18.8. The summed E-state index contributed by atoms with van der Waals surface area (Å²) < 4.78 is 71.2. The molecule has 5 rings (SSSR count). The quantitative estimate of drug-likeness (QED) is 0.350. The van der Waals surface area contributed by atoms with E-state index in [9.17, 15) is 8.78 Å². The molecule has 0 bridgehead atoms. The monoisotopic (exact) mass is 460 g/mol. The molecule has 2 nitrogen and oxygen atoms in total. The minimum absolute atomic E-state index is 0.153. The second kappa shape index (κ2) is 9.13. The third kappa shape index (κ3) is 3.96. The third-order valence-corrected chi connectivity index (χ3v) is 7.31. The van der Waals surface area contributed by atoms with E-state index in [0.29, 0.717) is 42.9 Å². The Balaban J connectivity index is 1.48. The summed E-state index contributed by atoms with van der Waals surface area (Å²) >= 11 is 0. The summed E-state index contributed by atoms with van der Waals surface area (Å²) in [7, 11) is 0. The van der Waals surface area contributed by atoms with E-state index < -0.39 is 29.4 Å².